The molecule has 0 radical (unpaired) electrons. The molecule has 3 rings (SSSR count). The predicted molar refractivity (Wildman–Crippen MR) is 67.1 cm³/mol. The molecule has 0 spiro atoms. The van der Waals surface area contributed by atoms with Crippen LogP contribution in [0.15, 0.2) is 36.5 Å². The molecule has 0 unspecified atom stereocenters. The zero-order valence-corrected chi connectivity index (χ0v) is 9.50. The van der Waals surface area contributed by atoms with Gasteiger partial charge in [0.2, 0.25) is 5.95 Å². The van der Waals surface area contributed by atoms with Crippen LogP contribution in [0.5, 0.6) is 0 Å². The molecule has 1 aliphatic heterocycles. The summed E-state index contributed by atoms with van der Waals surface area (Å²) in [5.74, 6) is 0.748. The summed E-state index contributed by atoms with van der Waals surface area (Å²) in [5.41, 5.74) is 9.04. The third kappa shape index (κ3) is 1.76. The van der Waals surface area contributed by atoms with Gasteiger partial charge in [0, 0.05) is 25.0 Å². The van der Waals surface area contributed by atoms with Crippen molar-refractivity contribution in [2.45, 2.75) is 13.0 Å². The summed E-state index contributed by atoms with van der Waals surface area (Å²) in [5, 5.41) is 0. The molecule has 2 heterocycles. The van der Waals surface area contributed by atoms with Crippen molar-refractivity contribution in [1.29, 1.82) is 0 Å². The van der Waals surface area contributed by atoms with Crippen molar-refractivity contribution in [2.24, 2.45) is 5.73 Å². The Kier molecular flexibility index (Phi) is 2.49. The van der Waals surface area contributed by atoms with Crippen molar-refractivity contribution < 1.29 is 0 Å². The maximum Gasteiger partial charge on any atom is 0.230 e. The fourth-order valence-electron chi connectivity index (χ4n) is 2.17. The van der Waals surface area contributed by atoms with Gasteiger partial charge in [0.15, 0.2) is 0 Å². The van der Waals surface area contributed by atoms with Crippen LogP contribution in [0.3, 0.4) is 0 Å². The van der Waals surface area contributed by atoms with E-state index in [9.17, 15) is 0 Å². The van der Waals surface area contributed by atoms with Crippen molar-refractivity contribution in [3.63, 3.8) is 0 Å². The van der Waals surface area contributed by atoms with Crippen molar-refractivity contribution in [3.05, 3.63) is 47.8 Å². The van der Waals surface area contributed by atoms with E-state index in [0.717, 1.165) is 24.6 Å². The Bertz CT molecular complexity index is 538. The van der Waals surface area contributed by atoms with Crippen LogP contribution in [0.4, 0.5) is 11.6 Å². The second-order valence-corrected chi connectivity index (χ2v) is 4.08. The van der Waals surface area contributed by atoms with E-state index in [-0.39, 0.29) is 0 Å². The smallest absolute Gasteiger partial charge is 0.230 e. The SMILES string of the molecule is NCc1ccnc(N2CCc3ccccc32)n1. The molecule has 0 aliphatic carbocycles. The van der Waals surface area contributed by atoms with E-state index in [1.54, 1.807) is 6.20 Å². The van der Waals surface area contributed by atoms with Gasteiger partial charge < -0.3 is 10.6 Å². The molecule has 0 atom stereocenters. The van der Waals surface area contributed by atoms with Crippen LogP contribution in [0.1, 0.15) is 11.3 Å². The normalized spacial score (nSPS) is 13.8. The second kappa shape index (κ2) is 4.14. The van der Waals surface area contributed by atoms with E-state index in [4.69, 9.17) is 5.73 Å². The van der Waals surface area contributed by atoms with Gasteiger partial charge >= 0.3 is 0 Å². The molecular weight excluding hydrogens is 212 g/mol. The van der Waals surface area contributed by atoms with Gasteiger partial charge in [-0.25, -0.2) is 9.97 Å². The highest BCUT2D eigenvalue weighted by atomic mass is 15.3. The van der Waals surface area contributed by atoms with Crippen LogP contribution in [-0.4, -0.2) is 16.5 Å². The number of benzene rings is 1. The summed E-state index contributed by atoms with van der Waals surface area (Å²) in [6, 6.07) is 10.2. The first-order valence-electron chi connectivity index (χ1n) is 5.76. The zero-order valence-electron chi connectivity index (χ0n) is 9.50. The molecule has 0 saturated heterocycles. The van der Waals surface area contributed by atoms with E-state index < -0.39 is 0 Å². The number of nitrogens with zero attached hydrogens (tertiary/aromatic N) is 3. The Morgan fingerprint density at radius 2 is 2.12 bits per heavy atom. The molecule has 2 aromatic rings. The van der Waals surface area contributed by atoms with Crippen molar-refractivity contribution >= 4 is 11.6 Å². The number of fused-ring (bicyclic) bond motifs is 1. The van der Waals surface area contributed by atoms with E-state index in [2.05, 4.69) is 33.1 Å². The van der Waals surface area contributed by atoms with Gasteiger partial charge in [0.25, 0.3) is 0 Å². The van der Waals surface area contributed by atoms with Gasteiger partial charge in [-0.1, -0.05) is 18.2 Å². The van der Waals surface area contributed by atoms with Crippen LogP contribution in [0, 0.1) is 0 Å². The van der Waals surface area contributed by atoms with Crippen molar-refractivity contribution in [1.82, 2.24) is 9.97 Å². The van der Waals surface area contributed by atoms with Gasteiger partial charge in [0.1, 0.15) is 0 Å². The first-order valence-corrected chi connectivity index (χ1v) is 5.76. The Morgan fingerprint density at radius 3 is 3.00 bits per heavy atom. The monoisotopic (exact) mass is 226 g/mol. The molecular formula is C13H14N4. The second-order valence-electron chi connectivity index (χ2n) is 4.08. The minimum atomic E-state index is 0.449. The maximum absolute atomic E-state index is 5.60. The minimum absolute atomic E-state index is 0.449. The van der Waals surface area contributed by atoms with Gasteiger partial charge in [0.05, 0.1) is 5.69 Å². The Balaban J connectivity index is 2.01. The van der Waals surface area contributed by atoms with E-state index in [0.29, 0.717) is 6.54 Å². The summed E-state index contributed by atoms with van der Waals surface area (Å²) >= 11 is 0. The molecule has 1 aromatic heterocycles. The first kappa shape index (κ1) is 10.2. The predicted octanol–water partition coefficient (Wildman–Crippen LogP) is 1.63. The maximum atomic E-state index is 5.60. The molecule has 0 amide bonds. The highest BCUT2D eigenvalue weighted by Gasteiger charge is 2.21. The van der Waals surface area contributed by atoms with E-state index in [1.807, 2.05) is 12.1 Å². The molecule has 2 N–H and O–H groups in total. The third-order valence-electron chi connectivity index (χ3n) is 3.04. The molecule has 4 heteroatoms. The summed E-state index contributed by atoms with van der Waals surface area (Å²) in [6.07, 6.45) is 2.82. The lowest BCUT2D eigenvalue weighted by Gasteiger charge is -2.17. The van der Waals surface area contributed by atoms with Crippen LogP contribution < -0.4 is 10.6 Å². The number of nitrogens with two attached hydrogens (primary N) is 1. The number of anilines is 2. The standard InChI is InChI=1S/C13H14N4/c14-9-11-5-7-15-13(16-11)17-8-6-10-3-1-2-4-12(10)17/h1-5,7H,6,8-9,14H2. The fraction of sp³-hybridized carbons (Fsp3) is 0.231. The number of para-hydroxylation sites is 1. The molecule has 0 saturated carbocycles. The number of hydrogen-bond donors (Lipinski definition) is 1. The summed E-state index contributed by atoms with van der Waals surface area (Å²) < 4.78 is 0. The van der Waals surface area contributed by atoms with Gasteiger partial charge in [-0.05, 0) is 24.1 Å². The van der Waals surface area contributed by atoms with E-state index >= 15 is 0 Å². The first-order chi connectivity index (χ1) is 8.38. The summed E-state index contributed by atoms with van der Waals surface area (Å²) in [7, 11) is 0. The average molecular weight is 226 g/mol. The van der Waals surface area contributed by atoms with Gasteiger partial charge in [-0.15, -0.1) is 0 Å². The number of rotatable bonds is 2. The Morgan fingerprint density at radius 1 is 1.24 bits per heavy atom. The number of aromatic nitrogens is 2. The Labute approximate surface area is 100 Å². The average Bonchev–Trinajstić information content (AvgIpc) is 2.82. The van der Waals surface area contributed by atoms with Crippen LogP contribution in [0.2, 0.25) is 0 Å². The lowest BCUT2D eigenvalue weighted by Crippen LogP contribution is -2.17. The fourth-order valence-corrected chi connectivity index (χ4v) is 2.17. The molecule has 1 aliphatic rings. The van der Waals surface area contributed by atoms with Crippen LogP contribution >= 0.6 is 0 Å². The largest absolute Gasteiger partial charge is 0.325 e. The topological polar surface area (TPSA) is 55.0 Å². The quantitative estimate of drug-likeness (QED) is 0.845. The highest BCUT2D eigenvalue weighted by molar-refractivity contribution is 5.65. The minimum Gasteiger partial charge on any atom is -0.325 e. The molecule has 17 heavy (non-hydrogen) atoms. The highest BCUT2D eigenvalue weighted by Crippen LogP contribution is 2.31. The molecule has 1 aromatic carbocycles. The lowest BCUT2D eigenvalue weighted by atomic mass is 10.2. The zero-order chi connectivity index (χ0) is 11.7. The Hall–Kier alpha value is -1.94. The summed E-state index contributed by atoms with van der Waals surface area (Å²) in [4.78, 5) is 10.9. The third-order valence-corrected chi connectivity index (χ3v) is 3.04. The number of hydrogen-bond acceptors (Lipinski definition) is 4. The molecule has 0 bridgehead atoms. The lowest BCUT2D eigenvalue weighted by molar-refractivity contribution is 0.900. The van der Waals surface area contributed by atoms with Gasteiger partial charge in [-0.2, -0.15) is 0 Å². The van der Waals surface area contributed by atoms with Gasteiger partial charge in [-0.3, -0.25) is 0 Å². The summed E-state index contributed by atoms with van der Waals surface area (Å²) in [6.45, 7) is 1.39. The molecule has 86 valence electrons. The van der Waals surface area contributed by atoms with E-state index in [1.165, 1.54) is 11.3 Å². The van der Waals surface area contributed by atoms with Crippen molar-refractivity contribution in [3.8, 4) is 0 Å². The van der Waals surface area contributed by atoms with Crippen LogP contribution in [-0.2, 0) is 13.0 Å². The molecule has 0 fully saturated rings. The molecule has 4 nitrogen and oxygen atoms in total. The van der Waals surface area contributed by atoms with Crippen molar-refractivity contribution in [2.75, 3.05) is 11.4 Å². The van der Waals surface area contributed by atoms with Crippen LogP contribution in [0.25, 0.3) is 0 Å².